The van der Waals surface area contributed by atoms with E-state index in [0.717, 1.165) is 0 Å². The predicted molar refractivity (Wildman–Crippen MR) is 247 cm³/mol. The molecule has 0 spiro atoms. The van der Waals surface area contributed by atoms with Gasteiger partial charge in [-0.05, 0) is 70.5 Å². The molecule has 2 heteroatoms. The van der Waals surface area contributed by atoms with Crippen LogP contribution in [0, 0.1) is 13.8 Å². The van der Waals surface area contributed by atoms with Gasteiger partial charge in [-0.3, -0.25) is 0 Å². The Bertz CT molecular complexity index is 3540. The maximum absolute atomic E-state index is 2.62. The van der Waals surface area contributed by atoms with E-state index in [1.165, 1.54) is 132 Å². The second-order valence-corrected chi connectivity index (χ2v) is 16.0. The van der Waals surface area contributed by atoms with Crippen molar-refractivity contribution < 1.29 is 0 Å². The molecule has 13 aromatic rings. The molecule has 0 N–H and O–H groups in total. The van der Waals surface area contributed by atoms with Gasteiger partial charge in [0.2, 0.25) is 0 Å². The fraction of sp³-hybridized carbons (Fsp3) is 0.0357. The fourth-order valence-electron chi connectivity index (χ4n) is 10.7. The van der Waals surface area contributed by atoms with E-state index < -0.39 is 0 Å². The quantitative estimate of drug-likeness (QED) is 0.170. The van der Waals surface area contributed by atoms with Crippen LogP contribution in [0.2, 0.25) is 0 Å². The van der Waals surface area contributed by atoms with Crippen LogP contribution in [0.5, 0.6) is 0 Å². The predicted octanol–water partition coefficient (Wildman–Crippen LogP) is 15.3. The van der Waals surface area contributed by atoms with Gasteiger partial charge in [-0.15, -0.1) is 0 Å². The molecule has 0 saturated carbocycles. The molecule has 0 aliphatic rings. The first-order valence-corrected chi connectivity index (χ1v) is 20.3. The van der Waals surface area contributed by atoms with Gasteiger partial charge in [0.05, 0.1) is 33.1 Å². The molecular weight excluding hydrogens is 701 g/mol. The molecule has 0 atom stereocenters. The van der Waals surface area contributed by atoms with Crippen molar-refractivity contribution in [1.82, 2.24) is 8.80 Å². The van der Waals surface area contributed by atoms with E-state index >= 15 is 0 Å². The first-order chi connectivity index (χ1) is 28.7. The van der Waals surface area contributed by atoms with Crippen LogP contribution in [0.25, 0.3) is 121 Å². The summed E-state index contributed by atoms with van der Waals surface area (Å²) in [4.78, 5) is 0. The van der Waals surface area contributed by atoms with Crippen LogP contribution < -0.4 is 0 Å². The number of benzene rings is 9. The molecule has 0 amide bonds. The minimum atomic E-state index is 1.22. The number of aryl methyl sites for hydroxylation is 2. The highest BCUT2D eigenvalue weighted by molar-refractivity contribution is 6.39. The Morgan fingerprint density at radius 2 is 0.655 bits per heavy atom. The molecule has 4 heterocycles. The molecular formula is C56H36N2. The van der Waals surface area contributed by atoms with Crippen molar-refractivity contribution in [2.75, 3.05) is 0 Å². The minimum absolute atomic E-state index is 1.22. The number of aromatic nitrogens is 2. The van der Waals surface area contributed by atoms with E-state index in [0.29, 0.717) is 0 Å². The molecule has 13 rings (SSSR count). The highest BCUT2D eigenvalue weighted by atomic mass is 14.9. The number of rotatable bonds is 4. The highest BCUT2D eigenvalue weighted by Crippen LogP contribution is 2.55. The summed E-state index contributed by atoms with van der Waals surface area (Å²) in [5, 5.41) is 10.3. The Kier molecular flexibility index (Phi) is 6.33. The summed E-state index contributed by atoms with van der Waals surface area (Å²) in [5.41, 5.74) is 20.2. The third-order valence-electron chi connectivity index (χ3n) is 13.1. The third-order valence-corrected chi connectivity index (χ3v) is 13.1. The number of hydrogen-bond acceptors (Lipinski definition) is 0. The number of fused-ring (bicyclic) bond motifs is 12. The highest BCUT2D eigenvalue weighted by Gasteiger charge is 2.31. The molecule has 0 unspecified atom stereocenters. The number of nitrogens with zero attached hydrogens (tertiary/aromatic N) is 2. The van der Waals surface area contributed by atoms with E-state index in [-0.39, 0.29) is 0 Å². The van der Waals surface area contributed by atoms with Gasteiger partial charge in [-0.25, -0.2) is 0 Å². The maximum Gasteiger partial charge on any atom is 0.0634 e. The summed E-state index contributed by atoms with van der Waals surface area (Å²) in [5.74, 6) is 0. The molecule has 0 radical (unpaired) electrons. The molecule has 0 fully saturated rings. The number of hydrogen-bond donors (Lipinski definition) is 0. The van der Waals surface area contributed by atoms with E-state index in [1.54, 1.807) is 0 Å². The Balaban J connectivity index is 1.36. The molecule has 9 aromatic carbocycles. The van der Waals surface area contributed by atoms with Gasteiger partial charge in [0, 0.05) is 54.2 Å². The molecule has 4 aromatic heterocycles. The second-order valence-electron chi connectivity index (χ2n) is 16.0. The van der Waals surface area contributed by atoms with Crippen molar-refractivity contribution in [3.63, 3.8) is 0 Å². The lowest BCUT2D eigenvalue weighted by atomic mass is 9.88. The van der Waals surface area contributed by atoms with Crippen molar-refractivity contribution in [2.24, 2.45) is 0 Å². The summed E-state index contributed by atoms with van der Waals surface area (Å²) < 4.78 is 5.24. The second kappa shape index (κ2) is 11.6. The smallest absolute Gasteiger partial charge is 0.0634 e. The van der Waals surface area contributed by atoms with E-state index in [2.05, 4.69) is 205 Å². The van der Waals surface area contributed by atoms with Crippen molar-refractivity contribution in [3.05, 3.63) is 193 Å². The van der Waals surface area contributed by atoms with Crippen molar-refractivity contribution in [3.8, 4) is 44.5 Å². The average molecular weight is 737 g/mol. The van der Waals surface area contributed by atoms with Crippen LogP contribution in [0.4, 0.5) is 0 Å². The van der Waals surface area contributed by atoms with Crippen LogP contribution in [-0.4, -0.2) is 8.80 Å². The fourth-order valence-corrected chi connectivity index (χ4v) is 10.7. The standard InChI is InChI=1S/C56H36N2/c1-33-17-9-11-23-37(33)39-29-31-43-51-47(35-19-5-3-6-20-35)56-52(48(36-21-7-4-8-22-36)55(51)57-45-27-15-13-25-41(45)49(39)53(43)57)44-32-30-40(38-24-12-10-18-34(38)2)50-42-26-14-16-28-46(42)58(56)54(44)50/h3-32H,1-2H3. The minimum Gasteiger partial charge on any atom is -0.307 e. The zero-order valence-electron chi connectivity index (χ0n) is 32.2. The van der Waals surface area contributed by atoms with Gasteiger partial charge in [0.25, 0.3) is 0 Å². The zero-order valence-corrected chi connectivity index (χ0v) is 32.2. The van der Waals surface area contributed by atoms with Gasteiger partial charge < -0.3 is 8.80 Å². The van der Waals surface area contributed by atoms with Crippen LogP contribution in [-0.2, 0) is 0 Å². The van der Waals surface area contributed by atoms with E-state index in [1.807, 2.05) is 0 Å². The maximum atomic E-state index is 2.62. The Labute approximate surface area is 335 Å². The Morgan fingerprint density at radius 3 is 1.09 bits per heavy atom. The molecule has 58 heavy (non-hydrogen) atoms. The first-order valence-electron chi connectivity index (χ1n) is 20.3. The Morgan fingerprint density at radius 1 is 0.276 bits per heavy atom. The van der Waals surface area contributed by atoms with Gasteiger partial charge in [0.15, 0.2) is 0 Å². The van der Waals surface area contributed by atoms with Gasteiger partial charge >= 0.3 is 0 Å². The lowest BCUT2D eigenvalue weighted by molar-refractivity contribution is 1.36. The molecule has 0 saturated heterocycles. The molecule has 0 aliphatic heterocycles. The summed E-state index contributed by atoms with van der Waals surface area (Å²) in [7, 11) is 0. The van der Waals surface area contributed by atoms with E-state index in [9.17, 15) is 0 Å². The van der Waals surface area contributed by atoms with Crippen LogP contribution in [0.3, 0.4) is 0 Å². The molecule has 270 valence electrons. The average Bonchev–Trinajstić information content (AvgIpc) is 4.01. The van der Waals surface area contributed by atoms with E-state index in [4.69, 9.17) is 0 Å². The lowest BCUT2D eigenvalue weighted by Gasteiger charge is -2.16. The summed E-state index contributed by atoms with van der Waals surface area (Å²) in [6, 6.07) is 67.7. The largest absolute Gasteiger partial charge is 0.307 e. The third kappa shape index (κ3) is 3.96. The Hall–Kier alpha value is -7.42. The summed E-state index contributed by atoms with van der Waals surface area (Å²) >= 11 is 0. The van der Waals surface area contributed by atoms with Gasteiger partial charge in [0.1, 0.15) is 0 Å². The monoisotopic (exact) mass is 736 g/mol. The summed E-state index contributed by atoms with van der Waals surface area (Å²) in [6.07, 6.45) is 0. The van der Waals surface area contributed by atoms with Crippen molar-refractivity contribution >= 4 is 76.2 Å². The summed E-state index contributed by atoms with van der Waals surface area (Å²) in [6.45, 7) is 4.47. The van der Waals surface area contributed by atoms with Crippen molar-refractivity contribution in [1.29, 1.82) is 0 Å². The SMILES string of the molecule is Cc1ccccc1-c1ccc2c3c(-c4ccccc4)c4c(c(-c5ccccc5)c3n3c5ccccc5c1c23)c1ccc(-c2ccccc2C)c2c3ccccc3n4c12. The van der Waals surface area contributed by atoms with Gasteiger partial charge in [-0.2, -0.15) is 0 Å². The molecule has 2 nitrogen and oxygen atoms in total. The van der Waals surface area contributed by atoms with Crippen LogP contribution >= 0.6 is 0 Å². The lowest BCUT2D eigenvalue weighted by Crippen LogP contribution is -1.93. The molecule has 0 bridgehead atoms. The number of para-hydroxylation sites is 2. The van der Waals surface area contributed by atoms with Crippen molar-refractivity contribution in [2.45, 2.75) is 13.8 Å². The van der Waals surface area contributed by atoms with Crippen LogP contribution in [0.1, 0.15) is 11.1 Å². The zero-order chi connectivity index (χ0) is 38.2. The normalized spacial score (nSPS) is 12.3. The van der Waals surface area contributed by atoms with Crippen LogP contribution in [0.15, 0.2) is 182 Å². The first kappa shape index (κ1) is 31.7. The topological polar surface area (TPSA) is 8.82 Å². The van der Waals surface area contributed by atoms with Gasteiger partial charge in [-0.1, -0.05) is 170 Å². The molecule has 0 aliphatic carbocycles.